The summed E-state index contributed by atoms with van der Waals surface area (Å²) in [6, 6.07) is 4.94. The van der Waals surface area contributed by atoms with E-state index in [1.807, 2.05) is 0 Å². The van der Waals surface area contributed by atoms with Crippen LogP contribution >= 0.6 is 0 Å². The molecule has 3 saturated carbocycles. The van der Waals surface area contributed by atoms with Crippen molar-refractivity contribution < 1.29 is 19.0 Å². The number of amides is 1. The van der Waals surface area contributed by atoms with Crippen LogP contribution in [0.15, 0.2) is 46.1 Å². The van der Waals surface area contributed by atoms with Crippen LogP contribution in [0, 0.1) is 17.2 Å². The fourth-order valence-corrected chi connectivity index (χ4v) is 4.96. The molecule has 0 radical (unpaired) electrons. The number of allylic oxidation sites excluding steroid dienone is 1. The van der Waals surface area contributed by atoms with Gasteiger partial charge in [0.1, 0.15) is 22.5 Å². The van der Waals surface area contributed by atoms with Crippen LogP contribution in [-0.2, 0) is 4.79 Å². The number of carbonyl (C=O) groups is 1. The minimum Gasteiger partial charge on any atom is -0.504 e. The molecule has 176 valence electrons. The van der Waals surface area contributed by atoms with Crippen LogP contribution in [0.25, 0.3) is 16.6 Å². The van der Waals surface area contributed by atoms with Gasteiger partial charge in [0.15, 0.2) is 11.6 Å². The number of hydrogen-bond acceptors (Lipinski definition) is 6. The molecule has 0 saturated heterocycles. The molecule has 34 heavy (non-hydrogen) atoms. The van der Waals surface area contributed by atoms with Gasteiger partial charge in [0.25, 0.3) is 11.5 Å². The number of ether oxygens (including phenoxy) is 1. The number of aromatic hydroxyl groups is 1. The molecule has 3 aliphatic carbocycles. The maximum atomic E-state index is 14.0. The first-order valence-electron chi connectivity index (χ1n) is 10.9. The Labute approximate surface area is 192 Å². The lowest BCUT2D eigenvalue weighted by atomic mass is 9.44. The van der Waals surface area contributed by atoms with Crippen molar-refractivity contribution in [2.45, 2.75) is 32.2 Å². The molecule has 1 atom stereocenters. The Balaban J connectivity index is 1.61. The zero-order chi connectivity index (χ0) is 24.2. The Morgan fingerprint density at radius 3 is 2.74 bits per heavy atom. The lowest BCUT2D eigenvalue weighted by Gasteiger charge is -2.60. The van der Waals surface area contributed by atoms with E-state index in [9.17, 15) is 23.9 Å². The van der Waals surface area contributed by atoms with E-state index in [0.29, 0.717) is 21.9 Å². The van der Waals surface area contributed by atoms with Crippen molar-refractivity contribution >= 4 is 22.5 Å². The molecule has 3 fully saturated rings. The molecule has 9 nitrogen and oxygen atoms in total. The summed E-state index contributed by atoms with van der Waals surface area (Å²) in [5, 5.41) is 12.6. The maximum Gasteiger partial charge on any atom is 0.333 e. The van der Waals surface area contributed by atoms with Crippen molar-refractivity contribution in [3.63, 3.8) is 0 Å². The summed E-state index contributed by atoms with van der Waals surface area (Å²) >= 11 is 0. The fourth-order valence-electron chi connectivity index (χ4n) is 4.96. The zero-order valence-electron chi connectivity index (χ0n) is 18.6. The monoisotopic (exact) mass is 466 g/mol. The van der Waals surface area contributed by atoms with Gasteiger partial charge in [0, 0.05) is 6.20 Å². The smallest absolute Gasteiger partial charge is 0.333 e. The highest BCUT2D eigenvalue weighted by Crippen LogP contribution is 2.65. The molecule has 2 heterocycles. The molecule has 0 spiro atoms. The van der Waals surface area contributed by atoms with Gasteiger partial charge in [0.05, 0.1) is 18.7 Å². The number of aromatic nitrogens is 3. The standard InChI is InChI=1S/C24H23FN4O5/c1-12(19-17(34-2)4-3-7-26-19)27-21(31)16(11-24-8-13(9-24)10-24)29-22(32)18-15(28-23(29)33)6-5-14(25)20(18)30/h3-7,11-13,30H,8-10H2,1-2H3,(H,27,31)(H,28,33). The van der Waals surface area contributed by atoms with Gasteiger partial charge in [-0.1, -0.05) is 0 Å². The van der Waals surface area contributed by atoms with Crippen molar-refractivity contribution in [2.75, 3.05) is 7.11 Å². The zero-order valence-corrected chi connectivity index (χ0v) is 18.6. The Kier molecular flexibility index (Phi) is 5.03. The normalized spacial score (nSPS) is 22.0. The van der Waals surface area contributed by atoms with Crippen molar-refractivity contribution in [2.24, 2.45) is 11.3 Å². The van der Waals surface area contributed by atoms with Gasteiger partial charge >= 0.3 is 5.69 Å². The number of methoxy groups -OCH3 is 1. The van der Waals surface area contributed by atoms with E-state index in [0.717, 1.165) is 25.3 Å². The van der Waals surface area contributed by atoms with Gasteiger partial charge in [-0.15, -0.1) is 0 Å². The Morgan fingerprint density at radius 2 is 2.09 bits per heavy atom. The maximum absolute atomic E-state index is 14.0. The second-order valence-corrected chi connectivity index (χ2v) is 9.05. The first kappa shape index (κ1) is 21.9. The third-order valence-corrected chi connectivity index (χ3v) is 6.77. The average molecular weight is 466 g/mol. The van der Waals surface area contributed by atoms with Gasteiger partial charge in [0.2, 0.25) is 0 Å². The van der Waals surface area contributed by atoms with Crippen LogP contribution in [0.3, 0.4) is 0 Å². The van der Waals surface area contributed by atoms with E-state index in [1.165, 1.54) is 13.2 Å². The molecule has 1 unspecified atom stereocenters. The van der Waals surface area contributed by atoms with Crippen molar-refractivity contribution in [3.05, 3.63) is 68.9 Å². The Hall–Kier alpha value is -3.95. The number of H-pyrrole nitrogens is 1. The Bertz CT molecular complexity index is 1460. The SMILES string of the molecule is COc1cccnc1C(C)NC(=O)C(=CC12CC(C1)C2)n1c(=O)[nH]c2ccc(F)c(O)c2c1=O. The second kappa shape index (κ2) is 7.82. The lowest BCUT2D eigenvalue weighted by Crippen LogP contribution is -2.51. The molecule has 2 aromatic heterocycles. The molecule has 3 N–H and O–H groups in total. The van der Waals surface area contributed by atoms with E-state index < -0.39 is 40.2 Å². The summed E-state index contributed by atoms with van der Waals surface area (Å²) < 4.78 is 20.0. The van der Waals surface area contributed by atoms with E-state index in [-0.39, 0.29) is 16.6 Å². The van der Waals surface area contributed by atoms with Crippen molar-refractivity contribution in [1.82, 2.24) is 19.9 Å². The number of hydrogen-bond donors (Lipinski definition) is 3. The number of phenolic OH excluding ortho intramolecular Hbond substituents is 1. The number of nitrogens with zero attached hydrogens (tertiary/aromatic N) is 2. The van der Waals surface area contributed by atoms with E-state index in [2.05, 4.69) is 15.3 Å². The number of phenols is 1. The molecule has 2 bridgehead atoms. The summed E-state index contributed by atoms with van der Waals surface area (Å²) in [6.07, 6.45) is 5.83. The summed E-state index contributed by atoms with van der Waals surface area (Å²) in [6.45, 7) is 1.70. The molecular formula is C24H23FN4O5. The summed E-state index contributed by atoms with van der Waals surface area (Å²) in [5.74, 6) is -1.51. The minimum atomic E-state index is -1.01. The Morgan fingerprint density at radius 1 is 1.35 bits per heavy atom. The largest absolute Gasteiger partial charge is 0.504 e. The van der Waals surface area contributed by atoms with Gasteiger partial charge < -0.3 is 20.1 Å². The minimum absolute atomic E-state index is 0.0259. The van der Waals surface area contributed by atoms with Crippen LogP contribution < -0.4 is 21.3 Å². The van der Waals surface area contributed by atoms with Crippen LogP contribution in [-0.4, -0.2) is 32.7 Å². The summed E-state index contributed by atoms with van der Waals surface area (Å²) in [4.78, 5) is 46.4. The molecule has 0 aliphatic heterocycles. The highest BCUT2D eigenvalue weighted by Gasteiger charge is 2.55. The molecule has 1 aromatic carbocycles. The third kappa shape index (κ3) is 3.37. The molecule has 6 rings (SSSR count). The number of rotatable bonds is 6. The van der Waals surface area contributed by atoms with Gasteiger partial charge in [-0.05, 0) is 67.9 Å². The molecule has 3 aromatic rings. The number of aromatic amines is 1. The number of nitrogens with one attached hydrogen (secondary N) is 2. The van der Waals surface area contributed by atoms with Gasteiger partial charge in [-0.2, -0.15) is 0 Å². The van der Waals surface area contributed by atoms with Gasteiger partial charge in [-0.3, -0.25) is 14.6 Å². The first-order chi connectivity index (χ1) is 16.2. The number of benzene rings is 1. The summed E-state index contributed by atoms with van der Waals surface area (Å²) in [5.41, 5.74) is -1.82. The van der Waals surface area contributed by atoms with Crippen LogP contribution in [0.2, 0.25) is 0 Å². The second-order valence-electron chi connectivity index (χ2n) is 9.05. The van der Waals surface area contributed by atoms with Crippen molar-refractivity contribution in [3.8, 4) is 11.5 Å². The number of halogens is 1. The van der Waals surface area contributed by atoms with Crippen LogP contribution in [0.5, 0.6) is 11.5 Å². The first-order valence-corrected chi connectivity index (χ1v) is 10.9. The summed E-state index contributed by atoms with van der Waals surface area (Å²) in [7, 11) is 1.49. The van der Waals surface area contributed by atoms with Gasteiger partial charge in [-0.25, -0.2) is 13.8 Å². The van der Waals surface area contributed by atoms with Crippen LogP contribution in [0.4, 0.5) is 4.39 Å². The van der Waals surface area contributed by atoms with Crippen molar-refractivity contribution in [1.29, 1.82) is 0 Å². The molecule has 3 aliphatic rings. The van der Waals surface area contributed by atoms with E-state index in [4.69, 9.17) is 4.74 Å². The third-order valence-electron chi connectivity index (χ3n) is 6.77. The van der Waals surface area contributed by atoms with E-state index in [1.54, 1.807) is 31.3 Å². The lowest BCUT2D eigenvalue weighted by molar-refractivity contribution is -0.117. The molecule has 1 amide bonds. The number of pyridine rings is 1. The van der Waals surface area contributed by atoms with E-state index >= 15 is 0 Å². The number of fused-ring (bicyclic) bond motifs is 1. The quantitative estimate of drug-likeness (QED) is 0.479. The predicted molar refractivity (Wildman–Crippen MR) is 122 cm³/mol. The predicted octanol–water partition coefficient (Wildman–Crippen LogP) is 2.46. The highest BCUT2D eigenvalue weighted by atomic mass is 19.1. The number of carbonyl (C=O) groups excluding carboxylic acids is 1. The van der Waals surface area contributed by atoms with Crippen LogP contribution in [0.1, 0.15) is 37.9 Å². The highest BCUT2D eigenvalue weighted by molar-refractivity contribution is 6.14. The molecular weight excluding hydrogens is 443 g/mol. The topological polar surface area (TPSA) is 126 Å². The fraction of sp³-hybridized carbons (Fsp3) is 0.333. The average Bonchev–Trinajstić information content (AvgIpc) is 2.75. The molecule has 10 heteroatoms.